The van der Waals surface area contributed by atoms with Crippen LogP contribution < -0.4 is 0 Å². The summed E-state index contributed by atoms with van der Waals surface area (Å²) in [5.41, 5.74) is -1.32. The van der Waals surface area contributed by atoms with E-state index in [1.165, 1.54) is 13.8 Å². The largest absolute Gasteiger partial charge is 0.451 e. The van der Waals surface area contributed by atoms with E-state index in [0.717, 1.165) is 25.7 Å². The highest BCUT2D eigenvalue weighted by Gasteiger charge is 2.70. The summed E-state index contributed by atoms with van der Waals surface area (Å²) in [5.74, 6) is -0.0727. The molecule has 29 heavy (non-hydrogen) atoms. The van der Waals surface area contributed by atoms with Gasteiger partial charge in [-0.2, -0.15) is 0 Å². The van der Waals surface area contributed by atoms with Crippen molar-refractivity contribution in [1.29, 1.82) is 0 Å². The van der Waals surface area contributed by atoms with Gasteiger partial charge in [-0.05, 0) is 80.4 Å². The number of esters is 1. The molecule has 5 aliphatic carbocycles. The Morgan fingerprint density at radius 1 is 1.10 bits per heavy atom. The first-order valence-electron chi connectivity index (χ1n) is 10.9. The zero-order valence-corrected chi connectivity index (χ0v) is 17.6. The molecular formula is C24H29FO4. The molecule has 0 saturated heterocycles. The van der Waals surface area contributed by atoms with E-state index in [1.807, 2.05) is 0 Å². The molecule has 0 bridgehead atoms. The molecule has 0 aromatic heterocycles. The monoisotopic (exact) mass is 400 g/mol. The smallest absolute Gasteiger partial charge is 0.303 e. The third kappa shape index (κ3) is 2.17. The summed E-state index contributed by atoms with van der Waals surface area (Å²) in [6.07, 6.45) is 7.02. The molecular weight excluding hydrogens is 371 g/mol. The molecule has 2 unspecified atom stereocenters. The van der Waals surface area contributed by atoms with Gasteiger partial charge in [-0.25, -0.2) is 4.39 Å². The van der Waals surface area contributed by atoms with Crippen LogP contribution in [-0.4, -0.2) is 23.1 Å². The molecule has 0 aromatic carbocycles. The fourth-order valence-corrected chi connectivity index (χ4v) is 8.03. The lowest BCUT2D eigenvalue weighted by atomic mass is 9.47. The lowest BCUT2D eigenvalue weighted by molar-refractivity contribution is -0.185. The van der Waals surface area contributed by atoms with Crippen LogP contribution >= 0.6 is 0 Å². The molecule has 0 heterocycles. The molecule has 5 heteroatoms. The lowest BCUT2D eigenvalue weighted by Gasteiger charge is -2.57. The van der Waals surface area contributed by atoms with Crippen LogP contribution in [0.3, 0.4) is 0 Å². The number of carbonyl (C=O) groups excluding carboxylic acids is 3. The summed E-state index contributed by atoms with van der Waals surface area (Å²) in [6.45, 7) is 7.10. The Labute approximate surface area is 170 Å². The van der Waals surface area contributed by atoms with Gasteiger partial charge >= 0.3 is 5.97 Å². The fourth-order valence-electron chi connectivity index (χ4n) is 8.03. The number of rotatable bonds is 2. The Balaban J connectivity index is 1.60. The maximum atomic E-state index is 15.3. The highest BCUT2D eigenvalue weighted by atomic mass is 19.1. The number of ketones is 2. The van der Waals surface area contributed by atoms with Crippen LogP contribution in [0.25, 0.3) is 0 Å². The molecule has 0 aromatic rings. The number of halogens is 1. The second kappa shape index (κ2) is 5.67. The Kier molecular flexibility index (Phi) is 3.76. The van der Waals surface area contributed by atoms with Crippen molar-refractivity contribution in [2.24, 2.45) is 40.4 Å². The minimum absolute atomic E-state index is 0.00198. The quantitative estimate of drug-likeness (QED) is 0.647. The maximum Gasteiger partial charge on any atom is 0.303 e. The molecule has 156 valence electrons. The number of ether oxygens (including phenoxy) is 1. The molecule has 0 amide bonds. The lowest BCUT2D eigenvalue weighted by Crippen LogP contribution is -2.58. The maximum absolute atomic E-state index is 15.3. The molecule has 3 saturated carbocycles. The van der Waals surface area contributed by atoms with Crippen molar-refractivity contribution < 1.29 is 23.5 Å². The van der Waals surface area contributed by atoms with Crippen LogP contribution in [0.15, 0.2) is 23.6 Å². The summed E-state index contributed by atoms with van der Waals surface area (Å²) in [6, 6.07) is 0. The first-order chi connectivity index (χ1) is 13.6. The molecule has 5 aliphatic rings. The predicted molar refractivity (Wildman–Crippen MR) is 104 cm³/mol. The van der Waals surface area contributed by atoms with Crippen LogP contribution in [0.4, 0.5) is 4.39 Å². The SMILES string of the molecule is CC(=O)O[C@]1(C(C)=O)CCC2C3C=C(F)C4=CC(=O)[C@@H]5C[C@@H]5[C@@]4(C)[C@@H]3CC[C@@]21C. The van der Waals surface area contributed by atoms with Crippen LogP contribution in [0.5, 0.6) is 0 Å². The number of fused-ring (bicyclic) bond motifs is 7. The van der Waals surface area contributed by atoms with E-state index in [2.05, 4.69) is 13.8 Å². The molecule has 4 nitrogen and oxygen atoms in total. The minimum Gasteiger partial charge on any atom is -0.451 e. The van der Waals surface area contributed by atoms with Crippen molar-refractivity contribution >= 4 is 17.5 Å². The van der Waals surface area contributed by atoms with Gasteiger partial charge in [0.1, 0.15) is 5.83 Å². The normalized spacial score (nSPS) is 49.7. The molecule has 3 fully saturated rings. The molecule has 0 radical (unpaired) electrons. The third-order valence-corrected chi connectivity index (χ3v) is 9.50. The molecule has 0 aliphatic heterocycles. The number of carbonyl (C=O) groups is 3. The molecule has 0 spiro atoms. The zero-order chi connectivity index (χ0) is 20.9. The van der Waals surface area contributed by atoms with E-state index in [9.17, 15) is 14.4 Å². The van der Waals surface area contributed by atoms with E-state index in [0.29, 0.717) is 12.0 Å². The zero-order valence-electron chi connectivity index (χ0n) is 17.6. The highest BCUT2D eigenvalue weighted by molar-refractivity contribution is 5.97. The van der Waals surface area contributed by atoms with Crippen molar-refractivity contribution in [3.05, 3.63) is 23.6 Å². The van der Waals surface area contributed by atoms with Crippen LogP contribution in [0, 0.1) is 40.4 Å². The van der Waals surface area contributed by atoms with E-state index in [4.69, 9.17) is 4.74 Å². The highest BCUT2D eigenvalue weighted by Crippen LogP contribution is 2.72. The second-order valence-corrected chi connectivity index (χ2v) is 10.5. The van der Waals surface area contributed by atoms with Gasteiger partial charge in [0.15, 0.2) is 17.2 Å². The topological polar surface area (TPSA) is 60.4 Å². The number of hydrogen-bond acceptors (Lipinski definition) is 4. The first-order valence-corrected chi connectivity index (χ1v) is 10.9. The van der Waals surface area contributed by atoms with Crippen molar-refractivity contribution in [2.45, 2.75) is 65.4 Å². The van der Waals surface area contributed by atoms with Gasteiger partial charge in [-0.3, -0.25) is 14.4 Å². The Morgan fingerprint density at radius 3 is 2.45 bits per heavy atom. The van der Waals surface area contributed by atoms with Gasteiger partial charge in [-0.15, -0.1) is 0 Å². The Morgan fingerprint density at radius 2 is 1.79 bits per heavy atom. The van der Waals surface area contributed by atoms with Crippen molar-refractivity contribution in [3.8, 4) is 0 Å². The number of hydrogen-bond donors (Lipinski definition) is 0. The second-order valence-electron chi connectivity index (χ2n) is 10.5. The van der Waals surface area contributed by atoms with Crippen LogP contribution in [0.2, 0.25) is 0 Å². The molecule has 0 N–H and O–H groups in total. The van der Waals surface area contributed by atoms with Gasteiger partial charge in [0.25, 0.3) is 0 Å². The van der Waals surface area contributed by atoms with E-state index < -0.39 is 17.0 Å². The van der Waals surface area contributed by atoms with E-state index in [-0.39, 0.29) is 52.4 Å². The Hall–Kier alpha value is -1.78. The van der Waals surface area contributed by atoms with Crippen LogP contribution in [-0.2, 0) is 19.1 Å². The van der Waals surface area contributed by atoms with E-state index in [1.54, 1.807) is 12.2 Å². The standard InChI is InChI=1S/C24H29FO4/c1-12(26)24(29-13(2)27)8-6-16-14-10-20(25)19-11-21(28)15-9-18(15)23(19,4)17(14)5-7-22(16,24)3/h10-11,14-18H,5-9H2,1-4H3/t14?,15-,16?,17-,18+,22+,23-,24+/m1/s1. The molecule has 5 rings (SSSR count). The van der Waals surface area contributed by atoms with Crippen molar-refractivity contribution in [1.82, 2.24) is 0 Å². The third-order valence-electron chi connectivity index (χ3n) is 9.50. The summed E-state index contributed by atoms with van der Waals surface area (Å²) in [7, 11) is 0. The predicted octanol–water partition coefficient (Wildman–Crippen LogP) is 4.34. The average Bonchev–Trinajstić information content (AvgIpc) is 3.39. The minimum atomic E-state index is -1.11. The van der Waals surface area contributed by atoms with Gasteiger partial charge < -0.3 is 4.74 Å². The average molecular weight is 400 g/mol. The fraction of sp³-hybridized carbons (Fsp3) is 0.708. The van der Waals surface area contributed by atoms with E-state index >= 15 is 4.39 Å². The van der Waals surface area contributed by atoms with Crippen molar-refractivity contribution in [2.75, 3.05) is 0 Å². The van der Waals surface area contributed by atoms with Crippen LogP contribution in [0.1, 0.15) is 59.8 Å². The summed E-state index contributed by atoms with van der Waals surface area (Å²) < 4.78 is 21.1. The van der Waals surface area contributed by atoms with Gasteiger partial charge in [-0.1, -0.05) is 13.8 Å². The van der Waals surface area contributed by atoms with Crippen molar-refractivity contribution in [3.63, 3.8) is 0 Å². The first kappa shape index (κ1) is 19.2. The van der Waals surface area contributed by atoms with Gasteiger partial charge in [0.05, 0.1) is 0 Å². The molecule has 8 atom stereocenters. The summed E-state index contributed by atoms with van der Waals surface area (Å²) >= 11 is 0. The number of Topliss-reactive ketones (excluding diaryl/α,β-unsaturated/α-hetero) is 1. The van der Waals surface area contributed by atoms with Gasteiger partial charge in [0, 0.05) is 23.7 Å². The summed E-state index contributed by atoms with van der Waals surface area (Å²) in [5, 5.41) is 0. The Bertz CT molecular complexity index is 903. The summed E-state index contributed by atoms with van der Waals surface area (Å²) in [4.78, 5) is 36.9. The van der Waals surface area contributed by atoms with Gasteiger partial charge in [0.2, 0.25) is 0 Å². The number of allylic oxidation sites excluding steroid dienone is 4.